The zero-order valence-corrected chi connectivity index (χ0v) is 12.9. The Labute approximate surface area is 137 Å². The van der Waals surface area contributed by atoms with Crippen molar-refractivity contribution < 1.29 is 9.13 Å². The van der Waals surface area contributed by atoms with Gasteiger partial charge in [-0.3, -0.25) is 4.57 Å². The Morgan fingerprint density at radius 3 is 2.67 bits per heavy atom. The number of halogens is 1. The van der Waals surface area contributed by atoms with Crippen molar-refractivity contribution in [2.24, 2.45) is 0 Å². The summed E-state index contributed by atoms with van der Waals surface area (Å²) in [6, 6.07) is 6.32. The van der Waals surface area contributed by atoms with Crippen LogP contribution in [-0.4, -0.2) is 38.8 Å². The largest absolute Gasteiger partial charge is 0.381 e. The highest BCUT2D eigenvalue weighted by molar-refractivity contribution is 5.77. The van der Waals surface area contributed by atoms with Crippen LogP contribution in [0.2, 0.25) is 0 Å². The van der Waals surface area contributed by atoms with Crippen LogP contribution in [0.5, 0.6) is 0 Å². The monoisotopic (exact) mass is 328 g/mol. The summed E-state index contributed by atoms with van der Waals surface area (Å²) in [4.78, 5) is 13.1. The lowest BCUT2D eigenvalue weighted by atomic mass is 10.1. The van der Waals surface area contributed by atoms with E-state index in [1.807, 2.05) is 0 Å². The van der Waals surface area contributed by atoms with Crippen molar-refractivity contribution in [3.05, 3.63) is 36.3 Å². The lowest BCUT2D eigenvalue weighted by Crippen LogP contribution is -2.28. The molecule has 0 bridgehead atoms. The van der Waals surface area contributed by atoms with E-state index in [1.165, 1.54) is 12.1 Å². The minimum absolute atomic E-state index is 0.286. The third-order valence-corrected chi connectivity index (χ3v) is 4.07. The average molecular weight is 328 g/mol. The molecule has 0 unspecified atom stereocenters. The molecule has 1 aliphatic heterocycles. The summed E-state index contributed by atoms with van der Waals surface area (Å²) in [6.45, 7) is 1.47. The first-order valence-corrected chi connectivity index (χ1v) is 7.82. The number of hydrogen-bond donors (Lipinski definition) is 2. The number of imidazole rings is 1. The van der Waals surface area contributed by atoms with Gasteiger partial charge in [0.25, 0.3) is 0 Å². The average Bonchev–Trinajstić information content (AvgIpc) is 2.92. The van der Waals surface area contributed by atoms with Gasteiger partial charge in [-0.05, 0) is 37.1 Å². The van der Waals surface area contributed by atoms with Gasteiger partial charge in [-0.2, -0.15) is 4.98 Å². The predicted octanol–water partition coefficient (Wildman–Crippen LogP) is 2.13. The molecular formula is C16H17FN6O. The van der Waals surface area contributed by atoms with Gasteiger partial charge in [-0.25, -0.2) is 14.4 Å². The Morgan fingerprint density at radius 2 is 1.92 bits per heavy atom. The van der Waals surface area contributed by atoms with Gasteiger partial charge in [0.05, 0.1) is 11.9 Å². The van der Waals surface area contributed by atoms with Crippen LogP contribution in [-0.2, 0) is 4.74 Å². The van der Waals surface area contributed by atoms with Crippen LogP contribution in [0, 0.1) is 5.82 Å². The lowest BCUT2D eigenvalue weighted by molar-refractivity contribution is 0.0903. The minimum Gasteiger partial charge on any atom is -0.381 e. The molecule has 1 fully saturated rings. The zero-order chi connectivity index (χ0) is 16.5. The van der Waals surface area contributed by atoms with Gasteiger partial charge in [0.2, 0.25) is 11.9 Å². The van der Waals surface area contributed by atoms with Gasteiger partial charge in [-0.1, -0.05) is 0 Å². The fourth-order valence-electron chi connectivity index (χ4n) is 2.83. The first kappa shape index (κ1) is 14.8. The number of nitrogen functional groups attached to an aromatic ring is 1. The van der Waals surface area contributed by atoms with Gasteiger partial charge < -0.3 is 15.8 Å². The number of hydrogen-bond acceptors (Lipinski definition) is 6. The maximum absolute atomic E-state index is 13.2. The van der Waals surface area contributed by atoms with E-state index in [1.54, 1.807) is 22.9 Å². The Kier molecular flexibility index (Phi) is 3.73. The van der Waals surface area contributed by atoms with Crippen molar-refractivity contribution in [3.63, 3.8) is 0 Å². The van der Waals surface area contributed by atoms with E-state index in [-0.39, 0.29) is 17.8 Å². The summed E-state index contributed by atoms with van der Waals surface area (Å²) >= 11 is 0. The van der Waals surface area contributed by atoms with Crippen molar-refractivity contribution >= 4 is 23.1 Å². The van der Waals surface area contributed by atoms with Crippen molar-refractivity contribution in [2.45, 2.75) is 18.9 Å². The molecule has 0 aliphatic carbocycles. The topological polar surface area (TPSA) is 90.9 Å². The van der Waals surface area contributed by atoms with Crippen molar-refractivity contribution in [2.75, 3.05) is 24.3 Å². The van der Waals surface area contributed by atoms with E-state index in [9.17, 15) is 4.39 Å². The number of nitrogens with two attached hydrogens (primary N) is 1. The van der Waals surface area contributed by atoms with Crippen molar-refractivity contribution in [1.82, 2.24) is 19.5 Å². The smallest absolute Gasteiger partial charge is 0.224 e. The quantitative estimate of drug-likeness (QED) is 0.765. The number of nitrogens with zero attached hydrogens (tertiary/aromatic N) is 4. The maximum Gasteiger partial charge on any atom is 0.224 e. The molecule has 1 saturated heterocycles. The molecular weight excluding hydrogens is 311 g/mol. The number of aromatic nitrogens is 4. The first-order valence-electron chi connectivity index (χ1n) is 7.82. The second kappa shape index (κ2) is 6.04. The molecule has 0 radical (unpaired) electrons. The fraction of sp³-hybridized carbons (Fsp3) is 0.312. The van der Waals surface area contributed by atoms with Crippen LogP contribution in [0.4, 0.5) is 16.3 Å². The lowest BCUT2D eigenvalue weighted by Gasteiger charge is -2.22. The molecule has 24 heavy (non-hydrogen) atoms. The van der Waals surface area contributed by atoms with E-state index < -0.39 is 0 Å². The molecule has 0 spiro atoms. The van der Waals surface area contributed by atoms with Gasteiger partial charge >= 0.3 is 0 Å². The van der Waals surface area contributed by atoms with E-state index in [0.717, 1.165) is 26.1 Å². The molecule has 3 heterocycles. The van der Waals surface area contributed by atoms with Gasteiger partial charge in [-0.15, -0.1) is 0 Å². The third-order valence-electron chi connectivity index (χ3n) is 4.07. The van der Waals surface area contributed by atoms with Crippen LogP contribution in [0.25, 0.3) is 16.9 Å². The fourth-order valence-corrected chi connectivity index (χ4v) is 2.83. The van der Waals surface area contributed by atoms with Crippen LogP contribution >= 0.6 is 0 Å². The Balaban J connectivity index is 1.72. The molecule has 7 nitrogen and oxygen atoms in total. The second-order valence-corrected chi connectivity index (χ2v) is 5.72. The highest BCUT2D eigenvalue weighted by atomic mass is 19.1. The molecule has 1 aliphatic rings. The first-order chi connectivity index (χ1) is 11.7. The van der Waals surface area contributed by atoms with E-state index >= 15 is 0 Å². The molecule has 0 saturated carbocycles. The molecule has 0 amide bonds. The number of fused-ring (bicyclic) bond motifs is 1. The summed E-state index contributed by atoms with van der Waals surface area (Å²) in [5.41, 5.74) is 7.89. The zero-order valence-electron chi connectivity index (χ0n) is 12.9. The highest BCUT2D eigenvalue weighted by Gasteiger charge is 2.17. The molecule has 2 aromatic heterocycles. The molecule has 0 atom stereocenters. The summed E-state index contributed by atoms with van der Waals surface area (Å²) in [6.07, 6.45) is 3.47. The molecule has 124 valence electrons. The van der Waals surface area contributed by atoms with E-state index in [0.29, 0.717) is 22.8 Å². The Hall–Kier alpha value is -2.74. The predicted molar refractivity (Wildman–Crippen MR) is 88.5 cm³/mol. The van der Waals surface area contributed by atoms with Crippen LogP contribution in [0.15, 0.2) is 30.5 Å². The number of benzene rings is 1. The number of anilines is 2. The van der Waals surface area contributed by atoms with Crippen LogP contribution in [0.3, 0.4) is 0 Å². The van der Waals surface area contributed by atoms with Crippen LogP contribution < -0.4 is 11.1 Å². The van der Waals surface area contributed by atoms with Crippen molar-refractivity contribution in [3.8, 4) is 5.69 Å². The van der Waals surface area contributed by atoms with Crippen LogP contribution in [0.1, 0.15) is 12.8 Å². The van der Waals surface area contributed by atoms with Gasteiger partial charge in [0.1, 0.15) is 11.3 Å². The SMILES string of the molecule is Nc1nc2cnc(NC3CCOCC3)nc2n1-c1ccc(F)cc1. The molecule has 3 aromatic rings. The van der Waals surface area contributed by atoms with Gasteiger partial charge in [0.15, 0.2) is 5.65 Å². The second-order valence-electron chi connectivity index (χ2n) is 5.72. The van der Waals surface area contributed by atoms with Crippen molar-refractivity contribution in [1.29, 1.82) is 0 Å². The summed E-state index contributed by atoms with van der Waals surface area (Å²) < 4.78 is 20.2. The number of nitrogens with one attached hydrogen (secondary N) is 1. The summed E-state index contributed by atoms with van der Waals surface area (Å²) in [5, 5.41) is 3.33. The highest BCUT2D eigenvalue weighted by Crippen LogP contribution is 2.22. The van der Waals surface area contributed by atoms with Gasteiger partial charge in [0, 0.05) is 19.3 Å². The number of rotatable bonds is 3. The van der Waals surface area contributed by atoms with E-state index in [4.69, 9.17) is 10.5 Å². The molecule has 8 heteroatoms. The standard InChI is InChI=1S/C16H17FN6O/c17-10-1-3-12(4-2-10)23-14-13(21-15(23)18)9-19-16(22-14)20-11-5-7-24-8-6-11/h1-4,9,11H,5-8H2,(H2,18,21)(H,19,20,22). The Morgan fingerprint density at radius 1 is 1.17 bits per heavy atom. The maximum atomic E-state index is 13.2. The van der Waals surface area contributed by atoms with E-state index in [2.05, 4.69) is 20.3 Å². The molecule has 3 N–H and O–H groups in total. The molecule has 1 aromatic carbocycles. The molecule has 4 rings (SSSR count). The summed E-state index contributed by atoms with van der Waals surface area (Å²) in [7, 11) is 0. The third kappa shape index (κ3) is 2.76. The number of ether oxygens (including phenoxy) is 1. The minimum atomic E-state index is -0.307. The summed E-state index contributed by atoms with van der Waals surface area (Å²) in [5.74, 6) is 0.505. The normalized spacial score (nSPS) is 15.7. The Bertz CT molecular complexity index is 857.